The molecule has 5 heteroatoms. The number of carbonyl (C=O) groups excluding carboxylic acids is 1. The fourth-order valence-electron chi connectivity index (χ4n) is 1.16. The Labute approximate surface area is 63.4 Å². The zero-order chi connectivity index (χ0) is 8.59. The first kappa shape index (κ1) is 8.61. The second-order valence-corrected chi connectivity index (χ2v) is 2.86. The molecule has 1 aliphatic carbocycles. The molecule has 0 radical (unpaired) electrons. The van der Waals surface area contributed by atoms with Crippen molar-refractivity contribution in [1.29, 1.82) is 0 Å². The Bertz CT molecular complexity index is 172. The van der Waals surface area contributed by atoms with Gasteiger partial charge in [-0.05, 0) is 0 Å². The summed E-state index contributed by atoms with van der Waals surface area (Å²) >= 11 is 0. The zero-order valence-corrected chi connectivity index (χ0v) is 5.97. The summed E-state index contributed by atoms with van der Waals surface area (Å²) in [6, 6.07) is -0.513. The van der Waals surface area contributed by atoms with Crippen molar-refractivity contribution in [2.24, 2.45) is 0 Å². The van der Waals surface area contributed by atoms with Crippen molar-refractivity contribution in [3.8, 4) is 0 Å². The van der Waals surface area contributed by atoms with E-state index in [1.54, 1.807) is 0 Å². The molecule has 0 amide bonds. The van der Waals surface area contributed by atoms with Crippen molar-refractivity contribution >= 4 is 5.78 Å². The lowest BCUT2D eigenvalue weighted by molar-refractivity contribution is -0.445. The van der Waals surface area contributed by atoms with Crippen LogP contribution in [0, 0.1) is 0 Å². The predicted octanol–water partition coefficient (Wildman–Crippen LogP) is -3.35. The van der Waals surface area contributed by atoms with E-state index in [0.29, 0.717) is 0 Å². The van der Waals surface area contributed by atoms with Gasteiger partial charge < -0.3 is 21.1 Å². The number of aliphatic hydroxyl groups is 3. The van der Waals surface area contributed by atoms with Crippen LogP contribution in [-0.2, 0) is 4.79 Å². The summed E-state index contributed by atoms with van der Waals surface area (Å²) in [6.45, 7) is 0. The fraction of sp³-hybridized carbons (Fsp3) is 0.833. The van der Waals surface area contributed by atoms with Crippen LogP contribution >= 0.6 is 0 Å². The number of rotatable bonds is 0. The molecule has 1 fully saturated rings. The van der Waals surface area contributed by atoms with Crippen molar-refractivity contribution in [2.75, 3.05) is 0 Å². The summed E-state index contributed by atoms with van der Waals surface area (Å²) in [5.74, 6) is -0.456. The summed E-state index contributed by atoms with van der Waals surface area (Å²) in [7, 11) is 0. The molecule has 0 aromatic rings. The van der Waals surface area contributed by atoms with Crippen LogP contribution in [0.4, 0.5) is 0 Å². The highest BCUT2D eigenvalue weighted by molar-refractivity contribution is 5.85. The Kier molecular flexibility index (Phi) is 2.24. The highest BCUT2D eigenvalue weighted by atomic mass is 16.4. The van der Waals surface area contributed by atoms with Crippen LogP contribution in [-0.4, -0.2) is 45.5 Å². The van der Waals surface area contributed by atoms with Crippen LogP contribution in [0.2, 0.25) is 0 Å². The molecule has 5 nitrogen and oxygen atoms in total. The average molecular weight is 162 g/mol. The van der Waals surface area contributed by atoms with Gasteiger partial charge in [-0.25, -0.2) is 0 Å². The SMILES string of the molecule is [NH3+][C@H]1CC(=O)[C@H](O)[C@@H](O)[C@@H]1O. The number of hydrogen-bond donors (Lipinski definition) is 4. The van der Waals surface area contributed by atoms with Crippen molar-refractivity contribution < 1.29 is 25.8 Å². The Morgan fingerprint density at radius 3 is 2.36 bits per heavy atom. The number of aliphatic hydroxyl groups excluding tert-OH is 3. The van der Waals surface area contributed by atoms with Gasteiger partial charge in [0.1, 0.15) is 24.4 Å². The predicted molar refractivity (Wildman–Crippen MR) is 34.3 cm³/mol. The van der Waals surface area contributed by atoms with Crippen LogP contribution in [0.15, 0.2) is 0 Å². The van der Waals surface area contributed by atoms with Gasteiger partial charge in [0, 0.05) is 0 Å². The van der Waals surface area contributed by atoms with Crippen LogP contribution in [0.1, 0.15) is 6.42 Å². The van der Waals surface area contributed by atoms with Gasteiger partial charge in [-0.2, -0.15) is 0 Å². The first-order valence-corrected chi connectivity index (χ1v) is 3.44. The van der Waals surface area contributed by atoms with E-state index in [1.165, 1.54) is 0 Å². The van der Waals surface area contributed by atoms with Crippen molar-refractivity contribution in [2.45, 2.75) is 30.8 Å². The van der Waals surface area contributed by atoms with Gasteiger partial charge in [0.05, 0.1) is 6.42 Å². The minimum absolute atomic E-state index is 0.0272. The van der Waals surface area contributed by atoms with Gasteiger partial charge in [-0.3, -0.25) is 4.79 Å². The van der Waals surface area contributed by atoms with Gasteiger partial charge in [-0.1, -0.05) is 0 Å². The maximum absolute atomic E-state index is 10.8. The van der Waals surface area contributed by atoms with E-state index in [1.807, 2.05) is 0 Å². The molecule has 6 N–H and O–H groups in total. The molecule has 0 aliphatic heterocycles. The summed E-state index contributed by atoms with van der Waals surface area (Å²) < 4.78 is 0. The Morgan fingerprint density at radius 2 is 1.82 bits per heavy atom. The molecule has 0 bridgehead atoms. The van der Waals surface area contributed by atoms with E-state index in [0.717, 1.165) is 0 Å². The quantitative estimate of drug-likeness (QED) is 0.298. The highest BCUT2D eigenvalue weighted by Gasteiger charge is 2.42. The zero-order valence-electron chi connectivity index (χ0n) is 5.97. The third kappa shape index (κ3) is 1.41. The van der Waals surface area contributed by atoms with Crippen LogP contribution in [0.25, 0.3) is 0 Å². The van der Waals surface area contributed by atoms with E-state index < -0.39 is 30.1 Å². The first-order valence-electron chi connectivity index (χ1n) is 3.44. The third-order valence-corrected chi connectivity index (χ3v) is 1.95. The Morgan fingerprint density at radius 1 is 1.27 bits per heavy atom. The second kappa shape index (κ2) is 2.86. The number of quaternary nitrogens is 1. The van der Waals surface area contributed by atoms with E-state index >= 15 is 0 Å². The molecule has 1 saturated carbocycles. The Balaban J connectivity index is 2.70. The monoisotopic (exact) mass is 162 g/mol. The summed E-state index contributed by atoms with van der Waals surface area (Å²) in [4.78, 5) is 10.8. The molecule has 0 heterocycles. The molecule has 1 rings (SSSR count). The maximum Gasteiger partial charge on any atom is 0.170 e. The lowest BCUT2D eigenvalue weighted by Crippen LogP contribution is -2.73. The second-order valence-electron chi connectivity index (χ2n) is 2.86. The van der Waals surface area contributed by atoms with E-state index in [-0.39, 0.29) is 6.42 Å². The number of carbonyl (C=O) groups is 1. The molecular formula is C6H12NO4+. The number of Topliss-reactive ketones (excluding diaryl/α,β-unsaturated/α-hetero) is 1. The number of hydrogen-bond acceptors (Lipinski definition) is 4. The lowest BCUT2D eigenvalue weighted by Gasteiger charge is -2.29. The molecule has 1 aliphatic rings. The van der Waals surface area contributed by atoms with Gasteiger partial charge in [-0.15, -0.1) is 0 Å². The standard InChI is InChI=1S/C6H11NO4/c7-2-1-3(8)5(10)6(11)4(2)9/h2,4-6,9-11H,1,7H2/p+1/t2-,4+,5-,6-/m0/s1. The molecular weight excluding hydrogens is 150 g/mol. The van der Waals surface area contributed by atoms with Crippen molar-refractivity contribution in [1.82, 2.24) is 0 Å². The molecule has 4 atom stereocenters. The molecule has 0 aromatic carbocycles. The van der Waals surface area contributed by atoms with Crippen LogP contribution < -0.4 is 5.73 Å². The number of ketones is 1. The minimum Gasteiger partial charge on any atom is -0.387 e. The molecule has 11 heavy (non-hydrogen) atoms. The van der Waals surface area contributed by atoms with Gasteiger partial charge in [0.25, 0.3) is 0 Å². The Hall–Kier alpha value is -0.490. The molecule has 0 aromatic heterocycles. The summed E-state index contributed by atoms with van der Waals surface area (Å²) in [5.41, 5.74) is 3.47. The first-order chi connectivity index (χ1) is 5.04. The maximum atomic E-state index is 10.8. The summed E-state index contributed by atoms with van der Waals surface area (Å²) in [5, 5.41) is 27.1. The molecule has 0 spiro atoms. The average Bonchev–Trinajstić information content (AvgIpc) is 1.97. The lowest BCUT2D eigenvalue weighted by atomic mass is 9.87. The molecule has 64 valence electrons. The van der Waals surface area contributed by atoms with Crippen LogP contribution in [0.3, 0.4) is 0 Å². The van der Waals surface area contributed by atoms with E-state index in [2.05, 4.69) is 5.73 Å². The topological polar surface area (TPSA) is 105 Å². The summed E-state index contributed by atoms with van der Waals surface area (Å²) in [6.07, 6.45) is -3.89. The largest absolute Gasteiger partial charge is 0.387 e. The molecule has 0 unspecified atom stereocenters. The van der Waals surface area contributed by atoms with Crippen LogP contribution in [0.5, 0.6) is 0 Å². The van der Waals surface area contributed by atoms with E-state index in [9.17, 15) is 4.79 Å². The van der Waals surface area contributed by atoms with E-state index in [4.69, 9.17) is 15.3 Å². The third-order valence-electron chi connectivity index (χ3n) is 1.95. The molecule has 0 saturated heterocycles. The minimum atomic E-state index is -1.44. The highest BCUT2D eigenvalue weighted by Crippen LogP contribution is 2.14. The van der Waals surface area contributed by atoms with Crippen molar-refractivity contribution in [3.63, 3.8) is 0 Å². The van der Waals surface area contributed by atoms with Crippen molar-refractivity contribution in [3.05, 3.63) is 0 Å². The van der Waals surface area contributed by atoms with Gasteiger partial charge in [0.15, 0.2) is 5.78 Å². The van der Waals surface area contributed by atoms with Gasteiger partial charge in [0.2, 0.25) is 0 Å². The smallest absolute Gasteiger partial charge is 0.170 e. The fourth-order valence-corrected chi connectivity index (χ4v) is 1.16. The van der Waals surface area contributed by atoms with Gasteiger partial charge >= 0.3 is 0 Å². The normalized spacial score (nSPS) is 46.0.